The molecule has 2 aromatic rings. The summed E-state index contributed by atoms with van der Waals surface area (Å²) >= 11 is 0. The number of aromatic amines is 1. The van der Waals surface area contributed by atoms with E-state index in [2.05, 4.69) is 26.5 Å². The summed E-state index contributed by atoms with van der Waals surface area (Å²) in [6.07, 6.45) is 2.55. The molecule has 0 saturated carbocycles. The van der Waals surface area contributed by atoms with Crippen molar-refractivity contribution in [3.8, 4) is 11.8 Å². The van der Waals surface area contributed by atoms with Gasteiger partial charge in [0.05, 0.1) is 24.8 Å². The first-order valence-corrected chi connectivity index (χ1v) is 7.32. The molecule has 7 heteroatoms. The molecule has 1 aromatic carbocycles. The summed E-state index contributed by atoms with van der Waals surface area (Å²) in [6, 6.07) is 5.15. The SMILES string of the molecule is Cc1ccc(NS(=O)(=O)c2cnc[nH]2)cc1C#CCN. The lowest BCUT2D eigenvalue weighted by Crippen LogP contribution is -2.13. The summed E-state index contributed by atoms with van der Waals surface area (Å²) in [5.41, 5.74) is 7.46. The van der Waals surface area contributed by atoms with E-state index in [9.17, 15) is 8.42 Å². The van der Waals surface area contributed by atoms with Gasteiger partial charge in [0, 0.05) is 5.56 Å². The summed E-state index contributed by atoms with van der Waals surface area (Å²) in [5, 5.41) is 0.00710. The van der Waals surface area contributed by atoms with Crippen molar-refractivity contribution in [2.24, 2.45) is 5.73 Å². The first kappa shape index (κ1) is 14.1. The molecule has 4 N–H and O–H groups in total. The van der Waals surface area contributed by atoms with E-state index in [1.807, 2.05) is 6.92 Å². The maximum Gasteiger partial charge on any atom is 0.278 e. The fourth-order valence-corrected chi connectivity index (χ4v) is 2.52. The molecule has 0 radical (unpaired) electrons. The monoisotopic (exact) mass is 290 g/mol. The molecule has 20 heavy (non-hydrogen) atoms. The largest absolute Gasteiger partial charge is 0.334 e. The third-order valence-corrected chi connectivity index (χ3v) is 3.88. The predicted molar refractivity (Wildman–Crippen MR) is 76.5 cm³/mol. The molecule has 0 spiro atoms. The maximum absolute atomic E-state index is 12.0. The number of aryl methyl sites for hydroxylation is 1. The number of nitrogens with zero attached hydrogens (tertiary/aromatic N) is 1. The minimum atomic E-state index is -3.66. The number of nitrogens with one attached hydrogen (secondary N) is 2. The highest BCUT2D eigenvalue weighted by atomic mass is 32.2. The Kier molecular flexibility index (Phi) is 4.08. The molecule has 104 valence electrons. The number of anilines is 1. The van der Waals surface area contributed by atoms with Gasteiger partial charge in [-0.25, -0.2) is 4.98 Å². The zero-order valence-electron chi connectivity index (χ0n) is 10.8. The van der Waals surface area contributed by atoms with Crippen LogP contribution in [-0.4, -0.2) is 24.9 Å². The van der Waals surface area contributed by atoms with E-state index >= 15 is 0 Å². The van der Waals surface area contributed by atoms with Crippen LogP contribution >= 0.6 is 0 Å². The van der Waals surface area contributed by atoms with E-state index in [0.29, 0.717) is 5.69 Å². The second kappa shape index (κ2) is 5.77. The van der Waals surface area contributed by atoms with Crippen LogP contribution in [0.4, 0.5) is 5.69 Å². The Hall–Kier alpha value is -2.30. The Bertz CT molecular complexity index is 755. The molecule has 2 rings (SSSR count). The quantitative estimate of drug-likeness (QED) is 0.729. The van der Waals surface area contributed by atoms with Gasteiger partial charge in [-0.3, -0.25) is 4.72 Å². The fraction of sp³-hybridized carbons (Fsp3) is 0.154. The van der Waals surface area contributed by atoms with E-state index in [-0.39, 0.29) is 11.6 Å². The van der Waals surface area contributed by atoms with Gasteiger partial charge < -0.3 is 10.7 Å². The summed E-state index contributed by atoms with van der Waals surface area (Å²) in [7, 11) is -3.66. The third kappa shape index (κ3) is 3.17. The number of sulfonamides is 1. The van der Waals surface area contributed by atoms with Gasteiger partial charge >= 0.3 is 0 Å². The van der Waals surface area contributed by atoms with Crippen LogP contribution in [0.25, 0.3) is 0 Å². The first-order valence-electron chi connectivity index (χ1n) is 5.84. The number of aromatic nitrogens is 2. The Morgan fingerprint density at radius 1 is 1.45 bits per heavy atom. The molecule has 0 aliphatic carbocycles. The van der Waals surface area contributed by atoms with Crippen LogP contribution in [0.15, 0.2) is 35.7 Å². The van der Waals surface area contributed by atoms with Crippen LogP contribution in [0, 0.1) is 18.8 Å². The van der Waals surface area contributed by atoms with Gasteiger partial charge in [-0.15, -0.1) is 0 Å². The maximum atomic E-state index is 12.0. The summed E-state index contributed by atoms with van der Waals surface area (Å²) in [6.45, 7) is 2.15. The zero-order valence-corrected chi connectivity index (χ0v) is 11.7. The minimum Gasteiger partial charge on any atom is -0.334 e. The lowest BCUT2D eigenvalue weighted by atomic mass is 10.1. The van der Waals surface area contributed by atoms with Gasteiger partial charge in [0.1, 0.15) is 0 Å². The van der Waals surface area contributed by atoms with Gasteiger partial charge in [0.15, 0.2) is 5.03 Å². The standard InChI is InChI=1S/C13H14N4O2S/c1-10-4-5-12(7-11(10)3-2-6-14)17-20(18,19)13-8-15-9-16-13/h4-5,7-9,17H,6,14H2,1H3,(H,15,16). The van der Waals surface area contributed by atoms with E-state index in [1.165, 1.54) is 12.5 Å². The molecule has 0 bridgehead atoms. The summed E-state index contributed by atoms with van der Waals surface area (Å²) in [5.74, 6) is 5.65. The van der Waals surface area contributed by atoms with Crippen LogP contribution in [0.1, 0.15) is 11.1 Å². The van der Waals surface area contributed by atoms with Crippen molar-refractivity contribution >= 4 is 15.7 Å². The minimum absolute atomic E-state index is 0.00710. The molecule has 0 fully saturated rings. The van der Waals surface area contributed by atoms with E-state index < -0.39 is 10.0 Å². The van der Waals surface area contributed by atoms with Gasteiger partial charge in [-0.1, -0.05) is 17.9 Å². The number of benzene rings is 1. The van der Waals surface area contributed by atoms with Crippen molar-refractivity contribution in [2.75, 3.05) is 11.3 Å². The van der Waals surface area contributed by atoms with Crippen molar-refractivity contribution in [1.82, 2.24) is 9.97 Å². The Morgan fingerprint density at radius 2 is 2.25 bits per heavy atom. The van der Waals surface area contributed by atoms with Crippen molar-refractivity contribution in [1.29, 1.82) is 0 Å². The lowest BCUT2D eigenvalue weighted by molar-refractivity contribution is 0.598. The second-order valence-electron chi connectivity index (χ2n) is 4.06. The molecular formula is C13H14N4O2S. The zero-order chi connectivity index (χ0) is 14.6. The molecule has 0 atom stereocenters. The van der Waals surface area contributed by atoms with E-state index in [0.717, 1.165) is 11.1 Å². The molecule has 0 saturated heterocycles. The van der Waals surface area contributed by atoms with Crippen molar-refractivity contribution in [3.05, 3.63) is 41.9 Å². The normalized spacial score (nSPS) is 10.7. The molecule has 0 aliphatic heterocycles. The van der Waals surface area contributed by atoms with Crippen molar-refractivity contribution < 1.29 is 8.42 Å². The van der Waals surface area contributed by atoms with Crippen LogP contribution in [-0.2, 0) is 10.0 Å². The van der Waals surface area contributed by atoms with E-state index in [1.54, 1.807) is 18.2 Å². The second-order valence-corrected chi connectivity index (χ2v) is 5.71. The highest BCUT2D eigenvalue weighted by Gasteiger charge is 2.15. The van der Waals surface area contributed by atoms with Crippen LogP contribution in [0.5, 0.6) is 0 Å². The third-order valence-electron chi connectivity index (χ3n) is 2.58. The van der Waals surface area contributed by atoms with E-state index in [4.69, 9.17) is 5.73 Å². The average Bonchev–Trinajstić information content (AvgIpc) is 2.94. The first-order chi connectivity index (χ1) is 9.53. The van der Waals surface area contributed by atoms with Gasteiger partial charge in [0.2, 0.25) is 0 Å². The molecular weight excluding hydrogens is 276 g/mol. The highest BCUT2D eigenvalue weighted by Crippen LogP contribution is 2.17. The number of rotatable bonds is 3. The number of nitrogens with two attached hydrogens (primary N) is 1. The number of hydrogen-bond acceptors (Lipinski definition) is 4. The van der Waals surface area contributed by atoms with Gasteiger partial charge in [-0.05, 0) is 24.6 Å². The number of hydrogen-bond donors (Lipinski definition) is 3. The summed E-state index contributed by atoms with van der Waals surface area (Å²) < 4.78 is 26.5. The van der Waals surface area contributed by atoms with Crippen molar-refractivity contribution in [2.45, 2.75) is 11.9 Å². The lowest BCUT2D eigenvalue weighted by Gasteiger charge is -2.07. The average molecular weight is 290 g/mol. The molecule has 0 amide bonds. The smallest absolute Gasteiger partial charge is 0.278 e. The Balaban J connectivity index is 2.31. The van der Waals surface area contributed by atoms with Crippen molar-refractivity contribution in [3.63, 3.8) is 0 Å². The van der Waals surface area contributed by atoms with Crippen LogP contribution in [0.2, 0.25) is 0 Å². The number of H-pyrrole nitrogens is 1. The molecule has 6 nitrogen and oxygen atoms in total. The Morgan fingerprint density at radius 3 is 2.90 bits per heavy atom. The summed E-state index contributed by atoms with van der Waals surface area (Å²) in [4.78, 5) is 6.24. The molecule has 1 heterocycles. The van der Waals surface area contributed by atoms with Gasteiger partial charge in [0.25, 0.3) is 10.0 Å². The molecule has 1 aromatic heterocycles. The van der Waals surface area contributed by atoms with Crippen LogP contribution in [0.3, 0.4) is 0 Å². The number of imidazole rings is 1. The molecule has 0 aliphatic rings. The highest BCUT2D eigenvalue weighted by molar-refractivity contribution is 7.92. The predicted octanol–water partition coefficient (Wildman–Crippen LogP) is 0.829. The van der Waals surface area contributed by atoms with Gasteiger partial charge in [-0.2, -0.15) is 8.42 Å². The van der Waals surface area contributed by atoms with Crippen LogP contribution < -0.4 is 10.5 Å². The molecule has 0 unspecified atom stereocenters. The topological polar surface area (TPSA) is 101 Å². The fourth-order valence-electron chi connectivity index (χ4n) is 1.57. The Labute approximate surface area is 117 Å².